The summed E-state index contributed by atoms with van der Waals surface area (Å²) in [6, 6.07) is 7.22. The van der Waals surface area contributed by atoms with Crippen LogP contribution in [-0.2, 0) is 21.2 Å². The van der Waals surface area contributed by atoms with Crippen molar-refractivity contribution in [3.8, 4) is 0 Å². The first-order chi connectivity index (χ1) is 9.05. The maximum absolute atomic E-state index is 12.6. The first-order valence-electron chi connectivity index (χ1n) is 6.67. The Morgan fingerprint density at radius 3 is 2.74 bits per heavy atom. The van der Waals surface area contributed by atoms with E-state index in [1.54, 1.807) is 19.2 Å². The van der Waals surface area contributed by atoms with Crippen molar-refractivity contribution in [2.75, 3.05) is 26.8 Å². The molecule has 5 heteroatoms. The van der Waals surface area contributed by atoms with Crippen molar-refractivity contribution in [3.63, 3.8) is 0 Å². The molecule has 0 spiro atoms. The molecule has 4 nitrogen and oxygen atoms in total. The minimum Gasteiger partial charge on any atom is -0.381 e. The Balaban J connectivity index is 2.20. The molecule has 1 fully saturated rings. The van der Waals surface area contributed by atoms with E-state index in [-0.39, 0.29) is 0 Å². The van der Waals surface area contributed by atoms with Gasteiger partial charge in [-0.1, -0.05) is 25.1 Å². The molecule has 1 aromatic rings. The summed E-state index contributed by atoms with van der Waals surface area (Å²) in [4.78, 5) is 0.430. The van der Waals surface area contributed by atoms with E-state index in [4.69, 9.17) is 4.74 Å². The smallest absolute Gasteiger partial charge is 0.243 e. The van der Waals surface area contributed by atoms with Gasteiger partial charge in [0, 0.05) is 20.2 Å². The lowest BCUT2D eigenvalue weighted by Gasteiger charge is -2.21. The summed E-state index contributed by atoms with van der Waals surface area (Å²) in [7, 11) is -1.74. The zero-order chi connectivity index (χ0) is 13.9. The van der Waals surface area contributed by atoms with Gasteiger partial charge < -0.3 is 4.74 Å². The zero-order valence-corrected chi connectivity index (χ0v) is 12.3. The maximum Gasteiger partial charge on any atom is 0.243 e. The standard InChI is InChI=1S/C14H21NO3S/c1-3-13-6-4-5-7-14(13)19(16,17)15(2)10-12-8-9-18-11-12/h4-7,12H,3,8-11H2,1-2H3. The fraction of sp³-hybridized carbons (Fsp3) is 0.571. The third-order valence-electron chi connectivity index (χ3n) is 3.58. The van der Waals surface area contributed by atoms with Crippen LogP contribution in [0.25, 0.3) is 0 Å². The third-order valence-corrected chi connectivity index (χ3v) is 5.50. The molecule has 2 rings (SSSR count). The summed E-state index contributed by atoms with van der Waals surface area (Å²) in [6.45, 7) is 3.90. The van der Waals surface area contributed by atoms with E-state index in [0.29, 0.717) is 24.0 Å². The van der Waals surface area contributed by atoms with Gasteiger partial charge in [0.1, 0.15) is 0 Å². The van der Waals surface area contributed by atoms with E-state index in [1.165, 1.54) is 4.31 Å². The van der Waals surface area contributed by atoms with Gasteiger partial charge in [0.05, 0.1) is 11.5 Å². The summed E-state index contributed by atoms with van der Waals surface area (Å²) in [5, 5.41) is 0. The van der Waals surface area contributed by atoms with Gasteiger partial charge in [-0.05, 0) is 30.4 Å². The van der Waals surface area contributed by atoms with E-state index < -0.39 is 10.0 Å². The number of hydrogen-bond acceptors (Lipinski definition) is 3. The van der Waals surface area contributed by atoms with Crippen LogP contribution in [0.15, 0.2) is 29.2 Å². The molecule has 19 heavy (non-hydrogen) atoms. The molecule has 1 aliphatic heterocycles. The predicted molar refractivity (Wildman–Crippen MR) is 74.6 cm³/mol. The molecule has 106 valence electrons. The third kappa shape index (κ3) is 3.16. The van der Waals surface area contributed by atoms with Crippen molar-refractivity contribution in [1.82, 2.24) is 4.31 Å². The van der Waals surface area contributed by atoms with Crippen molar-refractivity contribution in [1.29, 1.82) is 0 Å². The molecule has 1 aliphatic rings. The number of hydrogen-bond donors (Lipinski definition) is 0. The lowest BCUT2D eigenvalue weighted by Crippen LogP contribution is -2.32. The van der Waals surface area contributed by atoms with E-state index in [0.717, 1.165) is 25.0 Å². The molecular formula is C14H21NO3S. The van der Waals surface area contributed by atoms with Gasteiger partial charge in [0.15, 0.2) is 0 Å². The van der Waals surface area contributed by atoms with Crippen LogP contribution in [-0.4, -0.2) is 39.5 Å². The van der Waals surface area contributed by atoms with Crippen molar-refractivity contribution in [3.05, 3.63) is 29.8 Å². The average Bonchev–Trinajstić information content (AvgIpc) is 2.91. The summed E-state index contributed by atoms with van der Waals surface area (Å²) in [6.07, 6.45) is 1.66. The van der Waals surface area contributed by atoms with Crippen LogP contribution in [0.5, 0.6) is 0 Å². The molecule has 1 atom stereocenters. The Kier molecular flexibility index (Phi) is 4.60. The van der Waals surface area contributed by atoms with E-state index in [9.17, 15) is 8.42 Å². The quantitative estimate of drug-likeness (QED) is 0.829. The summed E-state index contributed by atoms with van der Waals surface area (Å²) in [5.41, 5.74) is 0.872. The number of sulfonamides is 1. The Morgan fingerprint density at radius 2 is 2.11 bits per heavy atom. The fourth-order valence-electron chi connectivity index (χ4n) is 2.40. The highest BCUT2D eigenvalue weighted by molar-refractivity contribution is 7.89. The van der Waals surface area contributed by atoms with Crippen LogP contribution in [0.3, 0.4) is 0 Å². The lowest BCUT2D eigenvalue weighted by atomic mass is 10.1. The highest BCUT2D eigenvalue weighted by Crippen LogP contribution is 2.22. The number of nitrogens with zero attached hydrogens (tertiary/aromatic N) is 1. The van der Waals surface area contributed by atoms with Gasteiger partial charge >= 0.3 is 0 Å². The molecule has 0 aliphatic carbocycles. The van der Waals surface area contributed by atoms with Gasteiger partial charge in [-0.3, -0.25) is 0 Å². The minimum atomic E-state index is -3.39. The second-order valence-corrected chi connectivity index (χ2v) is 6.99. The van der Waals surface area contributed by atoms with Crippen LogP contribution in [0.2, 0.25) is 0 Å². The Labute approximate surface area is 115 Å². The molecule has 1 heterocycles. The van der Waals surface area contributed by atoms with E-state index in [2.05, 4.69) is 0 Å². The normalized spacial score (nSPS) is 20.1. The highest BCUT2D eigenvalue weighted by atomic mass is 32.2. The molecule has 0 bridgehead atoms. The molecule has 0 radical (unpaired) electrons. The average molecular weight is 283 g/mol. The molecule has 0 N–H and O–H groups in total. The summed E-state index contributed by atoms with van der Waals surface area (Å²) >= 11 is 0. The molecule has 1 saturated heterocycles. The fourth-order valence-corrected chi connectivity index (χ4v) is 3.94. The Morgan fingerprint density at radius 1 is 1.37 bits per heavy atom. The molecule has 0 saturated carbocycles. The molecular weight excluding hydrogens is 262 g/mol. The van der Waals surface area contributed by atoms with E-state index in [1.807, 2.05) is 19.1 Å². The van der Waals surface area contributed by atoms with E-state index >= 15 is 0 Å². The van der Waals surface area contributed by atoms with Crippen LogP contribution in [0, 0.1) is 5.92 Å². The van der Waals surface area contributed by atoms with Crippen molar-refractivity contribution >= 4 is 10.0 Å². The first kappa shape index (κ1) is 14.5. The predicted octanol–water partition coefficient (Wildman–Crippen LogP) is 1.91. The first-order valence-corrected chi connectivity index (χ1v) is 8.11. The second-order valence-electron chi connectivity index (χ2n) is 4.98. The van der Waals surface area contributed by atoms with Crippen LogP contribution < -0.4 is 0 Å². The van der Waals surface area contributed by atoms with Gasteiger partial charge in [0.25, 0.3) is 0 Å². The molecule has 0 amide bonds. The monoisotopic (exact) mass is 283 g/mol. The van der Waals surface area contributed by atoms with Gasteiger partial charge in [-0.15, -0.1) is 0 Å². The number of benzene rings is 1. The van der Waals surface area contributed by atoms with Crippen LogP contribution in [0.1, 0.15) is 18.9 Å². The zero-order valence-electron chi connectivity index (χ0n) is 11.5. The lowest BCUT2D eigenvalue weighted by molar-refractivity contribution is 0.182. The SMILES string of the molecule is CCc1ccccc1S(=O)(=O)N(C)CC1CCOC1. The van der Waals surface area contributed by atoms with Crippen LogP contribution in [0.4, 0.5) is 0 Å². The van der Waals surface area contributed by atoms with Crippen molar-refractivity contribution < 1.29 is 13.2 Å². The number of ether oxygens (including phenoxy) is 1. The van der Waals surface area contributed by atoms with Gasteiger partial charge in [0.2, 0.25) is 10.0 Å². The topological polar surface area (TPSA) is 46.6 Å². The molecule has 1 aromatic carbocycles. The largest absolute Gasteiger partial charge is 0.381 e. The van der Waals surface area contributed by atoms with Gasteiger partial charge in [-0.2, -0.15) is 0 Å². The molecule has 0 aromatic heterocycles. The number of rotatable bonds is 5. The Bertz CT molecular complexity index is 521. The van der Waals surface area contributed by atoms with Gasteiger partial charge in [-0.25, -0.2) is 12.7 Å². The summed E-state index contributed by atoms with van der Waals surface area (Å²) in [5.74, 6) is 0.313. The summed E-state index contributed by atoms with van der Waals surface area (Å²) < 4.78 is 31.9. The second kappa shape index (κ2) is 6.03. The Hall–Kier alpha value is -0.910. The molecule has 1 unspecified atom stereocenters. The minimum absolute atomic E-state index is 0.313. The van der Waals surface area contributed by atoms with Crippen molar-refractivity contribution in [2.24, 2.45) is 5.92 Å². The van der Waals surface area contributed by atoms with Crippen molar-refractivity contribution in [2.45, 2.75) is 24.7 Å². The number of aryl methyl sites for hydroxylation is 1. The van der Waals surface area contributed by atoms with Crippen LogP contribution >= 0.6 is 0 Å². The maximum atomic E-state index is 12.6. The highest BCUT2D eigenvalue weighted by Gasteiger charge is 2.27.